The summed E-state index contributed by atoms with van der Waals surface area (Å²) in [5.41, 5.74) is 1.03. The summed E-state index contributed by atoms with van der Waals surface area (Å²) in [6.45, 7) is 7.48. The highest BCUT2D eigenvalue weighted by Crippen LogP contribution is 2.09. The van der Waals surface area contributed by atoms with Gasteiger partial charge in [-0.2, -0.15) is 0 Å². The van der Waals surface area contributed by atoms with Crippen LogP contribution >= 0.6 is 0 Å². The molecule has 0 aliphatic rings. The molecule has 1 aromatic heterocycles. The topological polar surface area (TPSA) is 34.1 Å². The van der Waals surface area contributed by atoms with Crippen LogP contribution in [0.3, 0.4) is 0 Å². The largest absolute Gasteiger partial charge is 0.481 e. The van der Waals surface area contributed by atoms with Gasteiger partial charge < -0.3 is 10.1 Å². The fraction of sp³-hybridized carbons (Fsp3) is 0.615. The van der Waals surface area contributed by atoms with Crippen molar-refractivity contribution < 1.29 is 4.74 Å². The molecule has 0 aliphatic carbocycles. The van der Waals surface area contributed by atoms with Gasteiger partial charge in [0.1, 0.15) is 0 Å². The first-order valence-corrected chi connectivity index (χ1v) is 5.90. The minimum absolute atomic E-state index is 0.549. The molecule has 0 amide bonds. The maximum absolute atomic E-state index is 5.10. The summed E-state index contributed by atoms with van der Waals surface area (Å²) in [5, 5.41) is 3.52. The van der Waals surface area contributed by atoms with Crippen LogP contribution in [0.2, 0.25) is 0 Å². The molecule has 1 aromatic rings. The number of pyridine rings is 1. The average molecular weight is 222 g/mol. The van der Waals surface area contributed by atoms with Gasteiger partial charge in [0.05, 0.1) is 12.8 Å². The number of rotatable bonds is 6. The summed E-state index contributed by atoms with van der Waals surface area (Å²) in [6.07, 6.45) is 1.14. The van der Waals surface area contributed by atoms with Crippen molar-refractivity contribution in [2.45, 2.75) is 39.8 Å². The molecule has 0 saturated carbocycles. The number of ether oxygens (including phenoxy) is 1. The monoisotopic (exact) mass is 222 g/mol. The summed E-state index contributed by atoms with van der Waals surface area (Å²) in [6, 6.07) is 6.40. The van der Waals surface area contributed by atoms with Crippen LogP contribution in [0.1, 0.15) is 32.9 Å². The average Bonchev–Trinajstić information content (AvgIpc) is 2.29. The van der Waals surface area contributed by atoms with E-state index in [1.54, 1.807) is 7.11 Å². The fourth-order valence-corrected chi connectivity index (χ4v) is 1.76. The molecule has 0 fully saturated rings. The highest BCUT2D eigenvalue weighted by molar-refractivity contribution is 5.15. The van der Waals surface area contributed by atoms with Gasteiger partial charge in [-0.05, 0) is 18.4 Å². The number of hydrogen-bond donors (Lipinski definition) is 1. The molecule has 3 nitrogen and oxygen atoms in total. The molecule has 1 N–H and O–H groups in total. The van der Waals surface area contributed by atoms with Crippen molar-refractivity contribution in [1.29, 1.82) is 0 Å². The molecule has 0 aromatic carbocycles. The number of nitrogens with one attached hydrogen (secondary N) is 1. The molecule has 1 heterocycles. The van der Waals surface area contributed by atoms with E-state index >= 15 is 0 Å². The zero-order valence-corrected chi connectivity index (χ0v) is 10.7. The van der Waals surface area contributed by atoms with Crippen LogP contribution in [0.4, 0.5) is 0 Å². The molecule has 0 radical (unpaired) electrons. The normalized spacial score (nSPS) is 12.8. The van der Waals surface area contributed by atoms with Crippen LogP contribution < -0.4 is 10.1 Å². The highest BCUT2D eigenvalue weighted by Gasteiger charge is 2.10. The van der Waals surface area contributed by atoms with Crippen LogP contribution in [0.25, 0.3) is 0 Å². The van der Waals surface area contributed by atoms with Gasteiger partial charge in [0.2, 0.25) is 5.88 Å². The SMILES string of the molecule is CCC(NCc1cccc(OC)n1)C(C)C. The van der Waals surface area contributed by atoms with Gasteiger partial charge >= 0.3 is 0 Å². The van der Waals surface area contributed by atoms with E-state index in [1.165, 1.54) is 0 Å². The second-order valence-electron chi connectivity index (χ2n) is 4.31. The molecule has 16 heavy (non-hydrogen) atoms. The first-order chi connectivity index (χ1) is 7.67. The lowest BCUT2D eigenvalue weighted by atomic mass is 10.0. The van der Waals surface area contributed by atoms with Crippen molar-refractivity contribution in [3.8, 4) is 5.88 Å². The van der Waals surface area contributed by atoms with E-state index < -0.39 is 0 Å². The van der Waals surface area contributed by atoms with Crippen LogP contribution in [0.15, 0.2) is 18.2 Å². The molecule has 0 bridgehead atoms. The van der Waals surface area contributed by atoms with Crippen molar-refractivity contribution in [2.75, 3.05) is 7.11 Å². The molecule has 1 atom stereocenters. The Hall–Kier alpha value is -1.09. The zero-order valence-electron chi connectivity index (χ0n) is 10.7. The maximum atomic E-state index is 5.10. The first kappa shape index (κ1) is 13.0. The van der Waals surface area contributed by atoms with Crippen molar-refractivity contribution in [3.63, 3.8) is 0 Å². The first-order valence-electron chi connectivity index (χ1n) is 5.90. The van der Waals surface area contributed by atoms with Gasteiger partial charge in [-0.1, -0.05) is 26.8 Å². The second-order valence-corrected chi connectivity index (χ2v) is 4.31. The summed E-state index contributed by atoms with van der Waals surface area (Å²) >= 11 is 0. The number of aromatic nitrogens is 1. The third kappa shape index (κ3) is 3.81. The van der Waals surface area contributed by atoms with E-state index in [1.807, 2.05) is 18.2 Å². The Kier molecular flexibility index (Phi) is 5.26. The lowest BCUT2D eigenvalue weighted by Gasteiger charge is -2.20. The van der Waals surface area contributed by atoms with Gasteiger partial charge in [-0.25, -0.2) is 4.98 Å². The molecule has 90 valence electrons. The lowest BCUT2D eigenvalue weighted by Crippen LogP contribution is -2.32. The molecule has 3 heteroatoms. The molecular weight excluding hydrogens is 200 g/mol. The van der Waals surface area contributed by atoms with Gasteiger partial charge in [-0.15, -0.1) is 0 Å². The minimum atomic E-state index is 0.549. The zero-order chi connectivity index (χ0) is 12.0. The van der Waals surface area contributed by atoms with E-state index in [2.05, 4.69) is 31.1 Å². The highest BCUT2D eigenvalue weighted by atomic mass is 16.5. The Labute approximate surface area is 98.2 Å². The predicted molar refractivity (Wildman–Crippen MR) is 66.5 cm³/mol. The summed E-state index contributed by atoms with van der Waals surface area (Å²) in [5.74, 6) is 1.33. The predicted octanol–water partition coefficient (Wildman–Crippen LogP) is 2.61. The minimum Gasteiger partial charge on any atom is -0.481 e. The van der Waals surface area contributed by atoms with Gasteiger partial charge in [0.15, 0.2) is 0 Å². The van der Waals surface area contributed by atoms with Crippen LogP contribution in [0.5, 0.6) is 5.88 Å². The van der Waals surface area contributed by atoms with Crippen LogP contribution in [0, 0.1) is 5.92 Å². The van der Waals surface area contributed by atoms with Gasteiger partial charge in [0, 0.05) is 18.7 Å². The van der Waals surface area contributed by atoms with Crippen molar-refractivity contribution in [2.24, 2.45) is 5.92 Å². The van der Waals surface area contributed by atoms with E-state index in [0.29, 0.717) is 17.8 Å². The number of nitrogens with zero attached hydrogens (tertiary/aromatic N) is 1. The smallest absolute Gasteiger partial charge is 0.213 e. The Balaban J connectivity index is 2.53. The lowest BCUT2D eigenvalue weighted by molar-refractivity contribution is 0.378. The van der Waals surface area contributed by atoms with Gasteiger partial charge in [0.25, 0.3) is 0 Å². The van der Waals surface area contributed by atoms with E-state index in [9.17, 15) is 0 Å². The number of methoxy groups -OCH3 is 1. The third-order valence-corrected chi connectivity index (χ3v) is 2.78. The Morgan fingerprint density at radius 2 is 2.12 bits per heavy atom. The maximum Gasteiger partial charge on any atom is 0.213 e. The van der Waals surface area contributed by atoms with Crippen LogP contribution in [-0.4, -0.2) is 18.1 Å². The molecule has 0 saturated heterocycles. The second kappa shape index (κ2) is 6.48. The molecule has 1 rings (SSSR count). The Morgan fingerprint density at radius 1 is 1.38 bits per heavy atom. The molecular formula is C13H22N2O. The Bertz CT molecular complexity index is 313. The standard InChI is InChI=1S/C13H22N2O/c1-5-12(10(2)3)14-9-11-7-6-8-13(15-11)16-4/h6-8,10,12,14H,5,9H2,1-4H3. The third-order valence-electron chi connectivity index (χ3n) is 2.78. The van der Waals surface area contributed by atoms with Crippen molar-refractivity contribution >= 4 is 0 Å². The summed E-state index contributed by atoms with van der Waals surface area (Å²) in [4.78, 5) is 4.37. The quantitative estimate of drug-likeness (QED) is 0.803. The van der Waals surface area contributed by atoms with E-state index in [4.69, 9.17) is 4.74 Å². The molecule has 0 spiro atoms. The molecule has 0 aliphatic heterocycles. The number of hydrogen-bond acceptors (Lipinski definition) is 3. The van der Waals surface area contributed by atoms with Crippen molar-refractivity contribution in [1.82, 2.24) is 10.3 Å². The summed E-state index contributed by atoms with van der Waals surface area (Å²) < 4.78 is 5.10. The molecule has 1 unspecified atom stereocenters. The fourth-order valence-electron chi connectivity index (χ4n) is 1.76. The van der Waals surface area contributed by atoms with Crippen LogP contribution in [-0.2, 0) is 6.54 Å². The Morgan fingerprint density at radius 3 is 2.69 bits per heavy atom. The van der Waals surface area contributed by atoms with Gasteiger partial charge in [-0.3, -0.25) is 0 Å². The van der Waals surface area contributed by atoms with E-state index in [0.717, 1.165) is 18.7 Å². The van der Waals surface area contributed by atoms with E-state index in [-0.39, 0.29) is 0 Å². The van der Waals surface area contributed by atoms with Crippen molar-refractivity contribution in [3.05, 3.63) is 23.9 Å². The summed E-state index contributed by atoms with van der Waals surface area (Å²) in [7, 11) is 1.64.